The lowest BCUT2D eigenvalue weighted by Crippen LogP contribution is -2.03. The number of thiazole rings is 1. The molecule has 2 aromatic heterocycles. The van der Waals surface area contributed by atoms with Gasteiger partial charge in [0.1, 0.15) is 20.7 Å². The van der Waals surface area contributed by atoms with Crippen LogP contribution in [0.4, 0.5) is 0 Å². The number of halogens is 1. The maximum absolute atomic E-state index is 11.7. The van der Waals surface area contributed by atoms with Crippen LogP contribution < -0.4 is 0 Å². The van der Waals surface area contributed by atoms with Gasteiger partial charge in [-0.15, -0.1) is 11.3 Å². The van der Waals surface area contributed by atoms with Gasteiger partial charge in [-0.05, 0) is 26.0 Å². The van der Waals surface area contributed by atoms with Crippen molar-refractivity contribution >= 4 is 28.9 Å². The van der Waals surface area contributed by atoms with Crippen LogP contribution in [0.25, 0.3) is 10.7 Å². The Bertz CT molecular complexity index is 584. The van der Waals surface area contributed by atoms with Crippen molar-refractivity contribution in [1.29, 1.82) is 0 Å². The van der Waals surface area contributed by atoms with Crippen LogP contribution in [-0.4, -0.2) is 22.5 Å². The monoisotopic (exact) mass is 312 g/mol. The van der Waals surface area contributed by atoms with E-state index in [1.54, 1.807) is 32.0 Å². The van der Waals surface area contributed by atoms with E-state index in [-0.39, 0.29) is 5.97 Å². The van der Waals surface area contributed by atoms with Gasteiger partial charge in [-0.25, -0.2) is 14.8 Å². The van der Waals surface area contributed by atoms with Gasteiger partial charge in [0.25, 0.3) is 0 Å². The van der Waals surface area contributed by atoms with Gasteiger partial charge < -0.3 is 4.74 Å². The Morgan fingerprint density at radius 3 is 2.65 bits per heavy atom. The van der Waals surface area contributed by atoms with Gasteiger partial charge in [0.2, 0.25) is 0 Å². The quantitative estimate of drug-likeness (QED) is 0.624. The van der Waals surface area contributed by atoms with Crippen LogP contribution in [0.3, 0.4) is 0 Å². The van der Waals surface area contributed by atoms with Gasteiger partial charge >= 0.3 is 5.97 Å². The Morgan fingerprint density at radius 2 is 2.05 bits per heavy atom. The molecule has 2 rings (SSSR count). The summed E-state index contributed by atoms with van der Waals surface area (Å²) in [6.45, 7) is 7.89. The Morgan fingerprint density at radius 1 is 1.35 bits per heavy atom. The third-order valence-corrected chi connectivity index (χ3v) is 3.56. The lowest BCUT2D eigenvalue weighted by atomic mass is 10.3. The summed E-state index contributed by atoms with van der Waals surface area (Å²) in [6, 6.07) is 5.29. The number of esters is 1. The second kappa shape index (κ2) is 7.97. The Kier molecular flexibility index (Phi) is 6.61. The Labute approximate surface area is 127 Å². The van der Waals surface area contributed by atoms with E-state index in [0.717, 1.165) is 0 Å². The predicted molar refractivity (Wildman–Crippen MR) is 82.4 cm³/mol. The second-order valence-corrected chi connectivity index (χ2v) is 4.89. The molecule has 0 amide bonds. The van der Waals surface area contributed by atoms with E-state index < -0.39 is 0 Å². The highest BCUT2D eigenvalue weighted by atomic mass is 35.5. The fraction of sp³-hybridized carbons (Fsp3) is 0.357. The molecule has 0 atom stereocenters. The van der Waals surface area contributed by atoms with Crippen molar-refractivity contribution in [2.24, 2.45) is 0 Å². The lowest BCUT2D eigenvalue weighted by molar-refractivity contribution is 0.0531. The number of hydrogen-bond donors (Lipinski definition) is 0. The van der Waals surface area contributed by atoms with Gasteiger partial charge in [0, 0.05) is 0 Å². The fourth-order valence-corrected chi connectivity index (χ4v) is 2.51. The average molecular weight is 313 g/mol. The molecule has 108 valence electrons. The predicted octanol–water partition coefficient (Wildman–Crippen LogP) is 4.37. The molecule has 0 bridgehead atoms. The largest absolute Gasteiger partial charge is 0.462 e. The number of hydrogen-bond acceptors (Lipinski definition) is 5. The van der Waals surface area contributed by atoms with Crippen LogP contribution in [0, 0.1) is 6.92 Å². The molecule has 2 aromatic rings. The number of carbonyl (C=O) groups excluding carboxylic acids is 1. The van der Waals surface area contributed by atoms with Crippen molar-refractivity contribution < 1.29 is 9.53 Å². The molecule has 0 unspecified atom stereocenters. The van der Waals surface area contributed by atoms with E-state index >= 15 is 0 Å². The lowest BCUT2D eigenvalue weighted by Gasteiger charge is -1.97. The van der Waals surface area contributed by atoms with Gasteiger partial charge in [0.15, 0.2) is 0 Å². The van der Waals surface area contributed by atoms with Crippen molar-refractivity contribution in [2.75, 3.05) is 6.61 Å². The van der Waals surface area contributed by atoms with Crippen molar-refractivity contribution in [3.05, 3.63) is 33.9 Å². The molecule has 0 radical (unpaired) electrons. The average Bonchev–Trinajstić information content (AvgIpc) is 2.83. The van der Waals surface area contributed by atoms with Gasteiger partial charge in [-0.2, -0.15) is 0 Å². The second-order valence-electron chi connectivity index (χ2n) is 3.50. The molecule has 0 aliphatic heterocycles. The zero-order valence-corrected chi connectivity index (χ0v) is 13.5. The number of ether oxygens (including phenoxy) is 1. The van der Waals surface area contributed by atoms with Crippen molar-refractivity contribution in [1.82, 2.24) is 9.97 Å². The maximum Gasteiger partial charge on any atom is 0.350 e. The van der Waals surface area contributed by atoms with Crippen molar-refractivity contribution in [2.45, 2.75) is 27.7 Å². The topological polar surface area (TPSA) is 52.1 Å². The van der Waals surface area contributed by atoms with E-state index in [2.05, 4.69) is 9.97 Å². The SMILES string of the molecule is CC.CCOC(=O)c1sc(-c2cccc(Cl)n2)nc1C. The summed E-state index contributed by atoms with van der Waals surface area (Å²) in [7, 11) is 0. The standard InChI is InChI=1S/C12H11ClN2O2S.C2H6/c1-3-17-12(16)10-7(2)14-11(18-10)8-5-4-6-9(13)15-8;1-2/h4-6H,3H2,1-2H3;1-2H3. The molecule has 0 aliphatic carbocycles. The molecule has 0 saturated heterocycles. The number of carbonyl (C=O) groups is 1. The van der Waals surface area contributed by atoms with Crippen molar-refractivity contribution in [3.63, 3.8) is 0 Å². The summed E-state index contributed by atoms with van der Waals surface area (Å²) in [5.41, 5.74) is 1.31. The first-order chi connectivity index (χ1) is 9.61. The highest BCUT2D eigenvalue weighted by Gasteiger charge is 2.17. The smallest absolute Gasteiger partial charge is 0.350 e. The molecule has 0 saturated carbocycles. The number of rotatable bonds is 3. The van der Waals surface area contributed by atoms with E-state index in [1.807, 2.05) is 13.8 Å². The van der Waals surface area contributed by atoms with Crippen LogP contribution >= 0.6 is 22.9 Å². The molecular weight excluding hydrogens is 296 g/mol. The molecule has 4 nitrogen and oxygen atoms in total. The minimum absolute atomic E-state index is 0.347. The summed E-state index contributed by atoms with van der Waals surface area (Å²) < 4.78 is 4.97. The molecule has 0 aliphatic rings. The van der Waals surface area contributed by atoms with E-state index in [0.29, 0.717) is 33.0 Å². The normalized spacial score (nSPS) is 9.65. The fourth-order valence-electron chi connectivity index (χ4n) is 1.42. The summed E-state index contributed by atoms with van der Waals surface area (Å²) in [5.74, 6) is -0.347. The summed E-state index contributed by atoms with van der Waals surface area (Å²) in [5, 5.41) is 1.07. The van der Waals surface area contributed by atoms with Crippen LogP contribution in [0.1, 0.15) is 36.1 Å². The minimum atomic E-state index is -0.347. The first-order valence-corrected chi connectivity index (χ1v) is 7.58. The molecule has 2 heterocycles. The van der Waals surface area contributed by atoms with Crippen LogP contribution in [-0.2, 0) is 4.74 Å². The Balaban J connectivity index is 0.000000956. The van der Waals surface area contributed by atoms with E-state index in [4.69, 9.17) is 16.3 Å². The number of pyridine rings is 1. The molecule has 0 aromatic carbocycles. The zero-order valence-electron chi connectivity index (χ0n) is 11.9. The van der Waals surface area contributed by atoms with Gasteiger partial charge in [0.05, 0.1) is 12.3 Å². The van der Waals surface area contributed by atoms with E-state index in [1.165, 1.54) is 11.3 Å². The summed E-state index contributed by atoms with van der Waals surface area (Å²) in [6.07, 6.45) is 0. The highest BCUT2D eigenvalue weighted by molar-refractivity contribution is 7.17. The first kappa shape index (κ1) is 16.6. The van der Waals surface area contributed by atoms with Gasteiger partial charge in [-0.1, -0.05) is 31.5 Å². The van der Waals surface area contributed by atoms with Gasteiger partial charge in [-0.3, -0.25) is 0 Å². The zero-order chi connectivity index (χ0) is 15.1. The minimum Gasteiger partial charge on any atom is -0.462 e. The number of nitrogens with zero attached hydrogens (tertiary/aromatic N) is 2. The number of aryl methyl sites for hydroxylation is 1. The molecule has 20 heavy (non-hydrogen) atoms. The molecule has 0 N–H and O–H groups in total. The molecule has 0 spiro atoms. The molecule has 0 fully saturated rings. The summed E-state index contributed by atoms with van der Waals surface area (Å²) in [4.78, 5) is 20.7. The number of aromatic nitrogens is 2. The third kappa shape index (κ3) is 4.02. The highest BCUT2D eigenvalue weighted by Crippen LogP contribution is 2.27. The Hall–Kier alpha value is -1.46. The third-order valence-electron chi connectivity index (χ3n) is 2.19. The van der Waals surface area contributed by atoms with Crippen molar-refractivity contribution in [3.8, 4) is 10.7 Å². The van der Waals surface area contributed by atoms with E-state index in [9.17, 15) is 4.79 Å². The summed E-state index contributed by atoms with van der Waals surface area (Å²) >= 11 is 7.09. The molecular formula is C14H17ClN2O2S. The van der Waals surface area contributed by atoms with Crippen LogP contribution in [0.15, 0.2) is 18.2 Å². The van der Waals surface area contributed by atoms with Crippen LogP contribution in [0.2, 0.25) is 5.15 Å². The van der Waals surface area contributed by atoms with Crippen LogP contribution in [0.5, 0.6) is 0 Å². The molecule has 6 heteroatoms. The maximum atomic E-state index is 11.7. The first-order valence-electron chi connectivity index (χ1n) is 6.39.